The summed E-state index contributed by atoms with van der Waals surface area (Å²) in [6.45, 7) is 4.03. The standard InChI is InChI=1S/C21H27BrN2O3/c1-25-16-7-4-6-15(12-16)21(24-10-5-8-23-9-11-24)17-13-19(26-2)20(27-3)14-18(17)22/h4,6-7,12-14,21,23H,5,8-11H2,1-3H3. The number of nitrogens with one attached hydrogen (secondary N) is 1. The Kier molecular flexibility index (Phi) is 6.99. The average Bonchev–Trinajstić information content (AvgIpc) is 2.98. The van der Waals surface area contributed by atoms with Gasteiger partial charge in [-0.15, -0.1) is 0 Å². The van der Waals surface area contributed by atoms with Gasteiger partial charge in [0.2, 0.25) is 0 Å². The molecule has 0 aromatic heterocycles. The van der Waals surface area contributed by atoms with Crippen molar-refractivity contribution in [2.75, 3.05) is 47.5 Å². The molecule has 3 rings (SSSR count). The van der Waals surface area contributed by atoms with Crippen LogP contribution in [0.1, 0.15) is 23.6 Å². The summed E-state index contributed by atoms with van der Waals surface area (Å²) in [5.41, 5.74) is 2.35. The zero-order valence-electron chi connectivity index (χ0n) is 16.1. The molecule has 1 fully saturated rings. The van der Waals surface area contributed by atoms with E-state index in [1.54, 1.807) is 21.3 Å². The third-order valence-electron chi connectivity index (χ3n) is 4.95. The minimum atomic E-state index is 0.0918. The van der Waals surface area contributed by atoms with Gasteiger partial charge in [0.1, 0.15) is 5.75 Å². The fraction of sp³-hybridized carbons (Fsp3) is 0.429. The highest BCUT2D eigenvalue weighted by Crippen LogP contribution is 2.41. The first kappa shape index (κ1) is 20.0. The third-order valence-corrected chi connectivity index (χ3v) is 5.63. The summed E-state index contributed by atoms with van der Waals surface area (Å²) in [6.07, 6.45) is 1.12. The van der Waals surface area contributed by atoms with E-state index in [1.165, 1.54) is 5.56 Å². The Morgan fingerprint density at radius 1 is 0.963 bits per heavy atom. The molecule has 1 saturated heterocycles. The van der Waals surface area contributed by atoms with Crippen LogP contribution >= 0.6 is 15.9 Å². The van der Waals surface area contributed by atoms with Crippen LogP contribution in [0.5, 0.6) is 17.2 Å². The number of nitrogens with zero attached hydrogens (tertiary/aromatic N) is 1. The van der Waals surface area contributed by atoms with E-state index in [2.05, 4.69) is 44.3 Å². The summed E-state index contributed by atoms with van der Waals surface area (Å²) in [5, 5.41) is 3.49. The van der Waals surface area contributed by atoms with E-state index in [4.69, 9.17) is 14.2 Å². The molecular formula is C21H27BrN2O3. The number of ether oxygens (including phenoxy) is 3. The van der Waals surface area contributed by atoms with E-state index < -0.39 is 0 Å². The first-order valence-corrected chi connectivity index (χ1v) is 9.97. The smallest absolute Gasteiger partial charge is 0.161 e. The summed E-state index contributed by atoms with van der Waals surface area (Å²) in [5.74, 6) is 2.31. The fourth-order valence-corrected chi connectivity index (χ4v) is 4.14. The van der Waals surface area contributed by atoms with Crippen LogP contribution in [0.15, 0.2) is 40.9 Å². The molecule has 146 valence electrons. The minimum absolute atomic E-state index is 0.0918. The predicted octanol–water partition coefficient (Wildman–Crippen LogP) is 3.86. The van der Waals surface area contributed by atoms with Crippen LogP contribution in [-0.2, 0) is 0 Å². The molecular weight excluding hydrogens is 408 g/mol. The summed E-state index contributed by atoms with van der Waals surface area (Å²) < 4.78 is 17.5. The van der Waals surface area contributed by atoms with Crippen LogP contribution in [-0.4, -0.2) is 52.4 Å². The van der Waals surface area contributed by atoms with E-state index in [0.717, 1.165) is 59.9 Å². The average molecular weight is 435 g/mol. The molecule has 1 N–H and O–H groups in total. The Labute approximate surface area is 169 Å². The summed E-state index contributed by atoms with van der Waals surface area (Å²) in [4.78, 5) is 2.51. The molecule has 1 unspecified atom stereocenters. The number of benzene rings is 2. The maximum absolute atomic E-state index is 5.57. The van der Waals surface area contributed by atoms with Gasteiger partial charge >= 0.3 is 0 Å². The topological polar surface area (TPSA) is 43.0 Å². The first-order chi connectivity index (χ1) is 13.2. The van der Waals surface area contributed by atoms with Gasteiger partial charge in [-0.1, -0.05) is 28.1 Å². The molecule has 0 amide bonds. The molecule has 2 aromatic carbocycles. The van der Waals surface area contributed by atoms with Gasteiger partial charge in [-0.3, -0.25) is 4.90 Å². The second kappa shape index (κ2) is 9.44. The lowest BCUT2D eigenvalue weighted by Gasteiger charge is -2.32. The number of methoxy groups -OCH3 is 3. The number of rotatable bonds is 6. The molecule has 5 nitrogen and oxygen atoms in total. The number of hydrogen-bond donors (Lipinski definition) is 1. The van der Waals surface area contributed by atoms with Crippen molar-refractivity contribution in [1.29, 1.82) is 0 Å². The lowest BCUT2D eigenvalue weighted by Crippen LogP contribution is -2.33. The molecule has 0 radical (unpaired) electrons. The summed E-state index contributed by atoms with van der Waals surface area (Å²) in [7, 11) is 5.03. The van der Waals surface area contributed by atoms with Crippen LogP contribution in [0.4, 0.5) is 0 Å². The second-order valence-corrected chi connectivity index (χ2v) is 7.40. The van der Waals surface area contributed by atoms with Gasteiger partial charge in [0.25, 0.3) is 0 Å². The number of halogens is 1. The Bertz CT molecular complexity index is 761. The van der Waals surface area contributed by atoms with Gasteiger partial charge in [0, 0.05) is 24.1 Å². The van der Waals surface area contributed by atoms with Crippen molar-refractivity contribution < 1.29 is 14.2 Å². The Morgan fingerprint density at radius 3 is 2.48 bits per heavy atom. The molecule has 1 atom stereocenters. The monoisotopic (exact) mass is 434 g/mol. The predicted molar refractivity (Wildman–Crippen MR) is 111 cm³/mol. The van der Waals surface area contributed by atoms with Crippen LogP contribution in [0.2, 0.25) is 0 Å². The van der Waals surface area contributed by atoms with Gasteiger partial charge in [0.05, 0.1) is 27.4 Å². The van der Waals surface area contributed by atoms with Crippen molar-refractivity contribution in [1.82, 2.24) is 10.2 Å². The molecule has 0 saturated carbocycles. The molecule has 0 spiro atoms. The molecule has 1 heterocycles. The molecule has 0 bridgehead atoms. The maximum atomic E-state index is 5.57. The molecule has 1 aliphatic heterocycles. The van der Waals surface area contributed by atoms with Gasteiger partial charge in [-0.25, -0.2) is 0 Å². The van der Waals surface area contributed by atoms with Gasteiger partial charge in [-0.2, -0.15) is 0 Å². The van der Waals surface area contributed by atoms with Crippen molar-refractivity contribution in [3.63, 3.8) is 0 Å². The van der Waals surface area contributed by atoms with Crippen molar-refractivity contribution in [2.45, 2.75) is 12.5 Å². The van der Waals surface area contributed by atoms with E-state index >= 15 is 0 Å². The van der Waals surface area contributed by atoms with E-state index in [-0.39, 0.29) is 6.04 Å². The summed E-state index contributed by atoms with van der Waals surface area (Å²) in [6, 6.07) is 12.5. The summed E-state index contributed by atoms with van der Waals surface area (Å²) >= 11 is 3.76. The van der Waals surface area contributed by atoms with Crippen LogP contribution in [0.3, 0.4) is 0 Å². The highest BCUT2D eigenvalue weighted by Gasteiger charge is 2.27. The zero-order chi connectivity index (χ0) is 19.2. The lowest BCUT2D eigenvalue weighted by atomic mass is 9.96. The third kappa shape index (κ3) is 4.57. The van der Waals surface area contributed by atoms with E-state index in [0.29, 0.717) is 0 Å². The molecule has 6 heteroatoms. The van der Waals surface area contributed by atoms with E-state index in [1.807, 2.05) is 18.2 Å². The molecule has 2 aromatic rings. The highest BCUT2D eigenvalue weighted by molar-refractivity contribution is 9.10. The lowest BCUT2D eigenvalue weighted by molar-refractivity contribution is 0.239. The quantitative estimate of drug-likeness (QED) is 0.747. The maximum Gasteiger partial charge on any atom is 0.161 e. The van der Waals surface area contributed by atoms with E-state index in [9.17, 15) is 0 Å². The van der Waals surface area contributed by atoms with Crippen molar-refractivity contribution in [3.8, 4) is 17.2 Å². The Hall–Kier alpha value is -1.76. The zero-order valence-corrected chi connectivity index (χ0v) is 17.7. The fourth-order valence-electron chi connectivity index (χ4n) is 3.60. The highest BCUT2D eigenvalue weighted by atomic mass is 79.9. The Balaban J connectivity index is 2.11. The SMILES string of the molecule is COc1cccc(C(c2cc(OC)c(OC)cc2Br)N2CCCNCC2)c1. The van der Waals surface area contributed by atoms with Crippen LogP contribution < -0.4 is 19.5 Å². The van der Waals surface area contributed by atoms with Gasteiger partial charge in [-0.05, 0) is 48.4 Å². The Morgan fingerprint density at radius 2 is 1.74 bits per heavy atom. The molecule has 1 aliphatic rings. The van der Waals surface area contributed by atoms with Crippen LogP contribution in [0.25, 0.3) is 0 Å². The second-order valence-electron chi connectivity index (χ2n) is 6.55. The van der Waals surface area contributed by atoms with Crippen molar-refractivity contribution in [3.05, 3.63) is 52.0 Å². The minimum Gasteiger partial charge on any atom is -0.497 e. The first-order valence-electron chi connectivity index (χ1n) is 9.18. The molecule has 27 heavy (non-hydrogen) atoms. The van der Waals surface area contributed by atoms with Gasteiger partial charge < -0.3 is 19.5 Å². The van der Waals surface area contributed by atoms with Crippen molar-refractivity contribution >= 4 is 15.9 Å². The largest absolute Gasteiger partial charge is 0.497 e. The number of hydrogen-bond acceptors (Lipinski definition) is 5. The molecule has 0 aliphatic carbocycles. The van der Waals surface area contributed by atoms with Crippen molar-refractivity contribution in [2.24, 2.45) is 0 Å². The normalized spacial score (nSPS) is 16.4. The van der Waals surface area contributed by atoms with Crippen LogP contribution in [0, 0.1) is 0 Å². The van der Waals surface area contributed by atoms with Gasteiger partial charge in [0.15, 0.2) is 11.5 Å².